The molecule has 0 aliphatic rings. The average Bonchev–Trinajstić information content (AvgIpc) is 3.00. The molecular weight excluding hydrogens is 284 g/mol. The van der Waals surface area contributed by atoms with Crippen LogP contribution in [0, 0.1) is 0 Å². The highest BCUT2D eigenvalue weighted by Gasteiger charge is 2.15. The van der Waals surface area contributed by atoms with Crippen LogP contribution in [-0.2, 0) is 7.05 Å². The summed E-state index contributed by atoms with van der Waals surface area (Å²) >= 11 is 1.41. The van der Waals surface area contributed by atoms with Gasteiger partial charge in [0, 0.05) is 24.9 Å². The first-order valence-electron chi connectivity index (χ1n) is 6.46. The summed E-state index contributed by atoms with van der Waals surface area (Å²) in [5, 5.41) is 9.74. The van der Waals surface area contributed by atoms with Gasteiger partial charge in [-0.1, -0.05) is 41.7 Å². The molecule has 0 fully saturated rings. The van der Waals surface area contributed by atoms with Crippen molar-refractivity contribution in [2.45, 2.75) is 6.04 Å². The standard InChI is InChI=1S/C15H14N4OS/c1-19-8-7-11(9-12(19)20)14-17-18-15(21-14)13(16)10-5-3-2-4-6-10/h2-9,13H,16H2,1H3. The van der Waals surface area contributed by atoms with Gasteiger partial charge in [0.05, 0.1) is 6.04 Å². The second kappa shape index (κ2) is 5.59. The molecule has 6 heteroatoms. The smallest absolute Gasteiger partial charge is 0.250 e. The molecule has 0 aliphatic carbocycles. The van der Waals surface area contributed by atoms with Crippen LogP contribution in [-0.4, -0.2) is 14.8 Å². The molecule has 5 nitrogen and oxygen atoms in total. The summed E-state index contributed by atoms with van der Waals surface area (Å²) in [4.78, 5) is 11.7. The second-order valence-corrected chi connectivity index (χ2v) is 5.71. The van der Waals surface area contributed by atoms with Gasteiger partial charge in [0.1, 0.15) is 10.0 Å². The van der Waals surface area contributed by atoms with Gasteiger partial charge in [0.2, 0.25) is 0 Å². The maximum absolute atomic E-state index is 11.7. The number of hydrogen-bond acceptors (Lipinski definition) is 5. The second-order valence-electron chi connectivity index (χ2n) is 4.70. The van der Waals surface area contributed by atoms with Gasteiger partial charge in [-0.2, -0.15) is 0 Å². The molecule has 0 spiro atoms. The van der Waals surface area contributed by atoms with Crippen LogP contribution in [0.5, 0.6) is 0 Å². The van der Waals surface area contributed by atoms with E-state index in [1.165, 1.54) is 15.9 Å². The molecule has 0 radical (unpaired) electrons. The zero-order valence-corrected chi connectivity index (χ0v) is 12.2. The van der Waals surface area contributed by atoms with E-state index in [1.807, 2.05) is 36.4 Å². The highest BCUT2D eigenvalue weighted by atomic mass is 32.1. The first kappa shape index (κ1) is 13.7. The topological polar surface area (TPSA) is 73.8 Å². The van der Waals surface area contributed by atoms with Crippen molar-refractivity contribution < 1.29 is 0 Å². The number of nitrogens with zero attached hydrogens (tertiary/aromatic N) is 3. The van der Waals surface area contributed by atoms with Crippen LogP contribution in [0.4, 0.5) is 0 Å². The Bertz CT molecular complexity index is 810. The van der Waals surface area contributed by atoms with E-state index in [1.54, 1.807) is 19.3 Å². The van der Waals surface area contributed by atoms with Gasteiger partial charge in [-0.05, 0) is 11.6 Å². The SMILES string of the molecule is Cn1ccc(-c2nnc(C(N)c3ccccc3)s2)cc1=O. The normalized spacial score (nSPS) is 12.3. The molecule has 1 unspecified atom stereocenters. The molecule has 2 aromatic heterocycles. The van der Waals surface area contributed by atoms with E-state index in [4.69, 9.17) is 5.73 Å². The summed E-state index contributed by atoms with van der Waals surface area (Å²) in [6, 6.07) is 12.9. The van der Waals surface area contributed by atoms with Crippen molar-refractivity contribution >= 4 is 11.3 Å². The molecule has 0 bridgehead atoms. The van der Waals surface area contributed by atoms with Crippen molar-refractivity contribution in [2.24, 2.45) is 12.8 Å². The van der Waals surface area contributed by atoms with Crippen molar-refractivity contribution in [2.75, 3.05) is 0 Å². The minimum Gasteiger partial charge on any atom is -0.319 e. The van der Waals surface area contributed by atoms with Crippen molar-refractivity contribution in [3.8, 4) is 10.6 Å². The molecule has 2 N–H and O–H groups in total. The summed E-state index contributed by atoms with van der Waals surface area (Å²) in [7, 11) is 1.71. The fourth-order valence-electron chi connectivity index (χ4n) is 1.96. The van der Waals surface area contributed by atoms with Gasteiger partial charge in [-0.3, -0.25) is 4.79 Å². The quantitative estimate of drug-likeness (QED) is 0.802. The van der Waals surface area contributed by atoms with Crippen LogP contribution in [0.25, 0.3) is 10.6 Å². The van der Waals surface area contributed by atoms with E-state index in [0.29, 0.717) is 5.01 Å². The largest absolute Gasteiger partial charge is 0.319 e. The molecule has 1 aromatic carbocycles. The molecule has 0 saturated heterocycles. The highest BCUT2D eigenvalue weighted by molar-refractivity contribution is 7.14. The van der Waals surface area contributed by atoms with Crippen molar-refractivity contribution in [1.82, 2.24) is 14.8 Å². The van der Waals surface area contributed by atoms with Crippen LogP contribution < -0.4 is 11.3 Å². The summed E-state index contributed by atoms with van der Waals surface area (Å²) in [6.07, 6.45) is 1.72. The van der Waals surface area contributed by atoms with Gasteiger partial charge in [-0.15, -0.1) is 10.2 Å². The molecule has 106 valence electrons. The van der Waals surface area contributed by atoms with Gasteiger partial charge >= 0.3 is 0 Å². The van der Waals surface area contributed by atoms with E-state index in [9.17, 15) is 4.79 Å². The molecule has 3 aromatic rings. The maximum atomic E-state index is 11.7. The molecule has 21 heavy (non-hydrogen) atoms. The lowest BCUT2D eigenvalue weighted by Crippen LogP contribution is -2.13. The number of rotatable bonds is 3. The van der Waals surface area contributed by atoms with Gasteiger partial charge in [-0.25, -0.2) is 0 Å². The van der Waals surface area contributed by atoms with Crippen LogP contribution in [0.1, 0.15) is 16.6 Å². The van der Waals surface area contributed by atoms with Crippen molar-refractivity contribution in [3.63, 3.8) is 0 Å². The third-order valence-electron chi connectivity index (χ3n) is 3.22. The summed E-state index contributed by atoms with van der Waals surface area (Å²) < 4.78 is 1.52. The Morgan fingerprint density at radius 3 is 2.67 bits per heavy atom. The van der Waals surface area contributed by atoms with Gasteiger partial charge < -0.3 is 10.3 Å². The molecule has 2 heterocycles. The molecule has 0 saturated carbocycles. The average molecular weight is 298 g/mol. The van der Waals surface area contributed by atoms with E-state index in [2.05, 4.69) is 10.2 Å². The van der Waals surface area contributed by atoms with E-state index in [0.717, 1.165) is 16.1 Å². The number of hydrogen-bond donors (Lipinski definition) is 1. The fourth-order valence-corrected chi connectivity index (χ4v) is 2.83. The number of aromatic nitrogens is 3. The predicted molar refractivity (Wildman–Crippen MR) is 83.1 cm³/mol. The van der Waals surface area contributed by atoms with Crippen molar-refractivity contribution in [3.05, 3.63) is 69.6 Å². The van der Waals surface area contributed by atoms with Crippen molar-refractivity contribution in [1.29, 1.82) is 0 Å². The fraction of sp³-hybridized carbons (Fsp3) is 0.133. The summed E-state index contributed by atoms with van der Waals surface area (Å²) in [5.74, 6) is 0. The lowest BCUT2D eigenvalue weighted by Gasteiger charge is -2.06. The summed E-state index contributed by atoms with van der Waals surface area (Å²) in [6.45, 7) is 0. The number of nitrogens with two attached hydrogens (primary N) is 1. The van der Waals surface area contributed by atoms with Crippen LogP contribution in [0.15, 0.2) is 53.5 Å². The molecule has 3 rings (SSSR count). The monoisotopic (exact) mass is 298 g/mol. The lowest BCUT2D eigenvalue weighted by molar-refractivity contribution is 0.830. The van der Waals surface area contributed by atoms with Crippen LogP contribution in [0.2, 0.25) is 0 Å². The molecule has 1 atom stereocenters. The van der Waals surface area contributed by atoms with Gasteiger partial charge in [0.25, 0.3) is 5.56 Å². The Kier molecular flexibility index (Phi) is 3.64. The molecule has 0 aliphatic heterocycles. The Morgan fingerprint density at radius 1 is 1.19 bits per heavy atom. The highest BCUT2D eigenvalue weighted by Crippen LogP contribution is 2.27. The Balaban J connectivity index is 1.93. The van der Waals surface area contributed by atoms with Crippen LogP contribution >= 0.6 is 11.3 Å². The Hall–Kier alpha value is -2.31. The number of aryl methyl sites for hydroxylation is 1. The number of pyridine rings is 1. The minimum atomic E-state index is -0.302. The zero-order valence-electron chi connectivity index (χ0n) is 11.4. The maximum Gasteiger partial charge on any atom is 0.250 e. The number of benzene rings is 1. The molecular formula is C15H14N4OS. The van der Waals surface area contributed by atoms with E-state index >= 15 is 0 Å². The van der Waals surface area contributed by atoms with Crippen LogP contribution in [0.3, 0.4) is 0 Å². The summed E-state index contributed by atoms with van der Waals surface area (Å²) in [5.41, 5.74) is 7.89. The lowest BCUT2D eigenvalue weighted by atomic mass is 10.1. The Labute approximate surface area is 125 Å². The third kappa shape index (κ3) is 2.76. The predicted octanol–water partition coefficient (Wildman–Crippen LogP) is 1.95. The van der Waals surface area contributed by atoms with E-state index < -0.39 is 0 Å². The first-order chi connectivity index (χ1) is 10.1. The van der Waals surface area contributed by atoms with Gasteiger partial charge in [0.15, 0.2) is 0 Å². The Morgan fingerprint density at radius 2 is 1.95 bits per heavy atom. The van der Waals surface area contributed by atoms with E-state index in [-0.39, 0.29) is 11.6 Å². The first-order valence-corrected chi connectivity index (χ1v) is 7.28. The zero-order chi connectivity index (χ0) is 14.8. The third-order valence-corrected chi connectivity index (χ3v) is 4.27. The molecule has 0 amide bonds. The minimum absolute atomic E-state index is 0.0726.